The van der Waals surface area contributed by atoms with Crippen molar-refractivity contribution < 1.29 is 19.4 Å². The zero-order valence-corrected chi connectivity index (χ0v) is 17.9. The van der Waals surface area contributed by atoms with E-state index in [2.05, 4.69) is 10.3 Å². The van der Waals surface area contributed by atoms with Crippen LogP contribution in [0.5, 0.6) is 11.5 Å². The SMILES string of the molecule is COc1ccc(CN(CC(=O)O)Cc2ccccc2-n2nnc3ccccc32)cc1OC. The maximum absolute atomic E-state index is 11.6. The van der Waals surface area contributed by atoms with Gasteiger partial charge in [-0.1, -0.05) is 41.6 Å². The minimum Gasteiger partial charge on any atom is -0.493 e. The number of carboxylic acid groups (broad SMARTS) is 1. The average molecular weight is 432 g/mol. The van der Waals surface area contributed by atoms with Crippen molar-refractivity contribution in [1.82, 2.24) is 19.9 Å². The largest absolute Gasteiger partial charge is 0.493 e. The molecule has 1 heterocycles. The summed E-state index contributed by atoms with van der Waals surface area (Å²) in [6, 6.07) is 21.2. The minimum atomic E-state index is -0.894. The van der Waals surface area contributed by atoms with Gasteiger partial charge in [-0.05, 0) is 41.5 Å². The molecule has 1 N–H and O–H groups in total. The molecule has 0 fully saturated rings. The molecule has 4 aromatic rings. The van der Waals surface area contributed by atoms with Gasteiger partial charge < -0.3 is 14.6 Å². The van der Waals surface area contributed by atoms with E-state index in [-0.39, 0.29) is 6.54 Å². The molecule has 0 saturated carbocycles. The number of rotatable bonds is 9. The molecule has 0 aliphatic rings. The number of aromatic nitrogens is 3. The lowest BCUT2D eigenvalue weighted by atomic mass is 10.1. The third-order valence-corrected chi connectivity index (χ3v) is 5.18. The van der Waals surface area contributed by atoms with Crippen LogP contribution in [0, 0.1) is 0 Å². The molecule has 0 unspecified atom stereocenters. The van der Waals surface area contributed by atoms with Gasteiger partial charge in [-0.2, -0.15) is 0 Å². The van der Waals surface area contributed by atoms with Crippen molar-refractivity contribution in [3.63, 3.8) is 0 Å². The number of carbonyl (C=O) groups is 1. The minimum absolute atomic E-state index is 0.110. The molecule has 0 saturated heterocycles. The van der Waals surface area contributed by atoms with Crippen LogP contribution in [0.25, 0.3) is 16.7 Å². The van der Waals surface area contributed by atoms with Gasteiger partial charge in [-0.3, -0.25) is 9.69 Å². The van der Waals surface area contributed by atoms with Crippen LogP contribution >= 0.6 is 0 Å². The van der Waals surface area contributed by atoms with Crippen LogP contribution in [0.4, 0.5) is 0 Å². The molecule has 4 rings (SSSR count). The third-order valence-electron chi connectivity index (χ3n) is 5.18. The number of nitrogens with zero attached hydrogens (tertiary/aromatic N) is 4. The molecule has 1 aromatic heterocycles. The number of benzene rings is 3. The summed E-state index contributed by atoms with van der Waals surface area (Å²) in [5.74, 6) is 0.341. The highest BCUT2D eigenvalue weighted by Crippen LogP contribution is 2.28. The second kappa shape index (κ2) is 9.49. The van der Waals surface area contributed by atoms with E-state index in [1.807, 2.05) is 71.6 Å². The molecule has 0 amide bonds. The van der Waals surface area contributed by atoms with Crippen molar-refractivity contribution >= 4 is 17.0 Å². The Hall–Kier alpha value is -3.91. The van der Waals surface area contributed by atoms with Gasteiger partial charge in [0.15, 0.2) is 11.5 Å². The van der Waals surface area contributed by atoms with E-state index >= 15 is 0 Å². The predicted molar refractivity (Wildman–Crippen MR) is 120 cm³/mol. The number of para-hydroxylation sites is 2. The van der Waals surface area contributed by atoms with Crippen LogP contribution in [0.15, 0.2) is 66.7 Å². The Bertz CT molecular complexity index is 1240. The Balaban J connectivity index is 1.65. The first kappa shape index (κ1) is 21.3. The summed E-state index contributed by atoms with van der Waals surface area (Å²) < 4.78 is 12.5. The summed E-state index contributed by atoms with van der Waals surface area (Å²) >= 11 is 0. The topological polar surface area (TPSA) is 89.7 Å². The lowest BCUT2D eigenvalue weighted by molar-refractivity contribution is -0.138. The molecular weight excluding hydrogens is 408 g/mol. The number of carboxylic acids is 1. The van der Waals surface area contributed by atoms with Crippen molar-refractivity contribution in [2.75, 3.05) is 20.8 Å². The number of fused-ring (bicyclic) bond motifs is 1. The maximum atomic E-state index is 11.6. The van der Waals surface area contributed by atoms with Crippen LogP contribution in [0.3, 0.4) is 0 Å². The molecule has 0 spiro atoms. The van der Waals surface area contributed by atoms with E-state index in [9.17, 15) is 9.90 Å². The highest BCUT2D eigenvalue weighted by molar-refractivity contribution is 5.76. The fourth-order valence-corrected chi connectivity index (χ4v) is 3.74. The van der Waals surface area contributed by atoms with E-state index in [1.54, 1.807) is 18.9 Å². The van der Waals surface area contributed by atoms with Crippen LogP contribution in [-0.4, -0.2) is 51.7 Å². The molecule has 32 heavy (non-hydrogen) atoms. The first-order valence-corrected chi connectivity index (χ1v) is 10.1. The first-order chi connectivity index (χ1) is 15.6. The number of aliphatic carboxylic acids is 1. The molecule has 0 bridgehead atoms. The lowest BCUT2D eigenvalue weighted by Gasteiger charge is -2.22. The molecule has 0 radical (unpaired) electrons. The van der Waals surface area contributed by atoms with Crippen molar-refractivity contribution in [2.45, 2.75) is 13.1 Å². The Morgan fingerprint density at radius 2 is 1.72 bits per heavy atom. The van der Waals surface area contributed by atoms with Gasteiger partial charge in [0.1, 0.15) is 5.52 Å². The molecule has 164 valence electrons. The first-order valence-electron chi connectivity index (χ1n) is 10.1. The Morgan fingerprint density at radius 3 is 2.50 bits per heavy atom. The zero-order valence-electron chi connectivity index (χ0n) is 17.9. The standard InChI is InChI=1S/C24H24N4O4/c1-31-22-12-11-17(13-23(22)32-2)14-27(16-24(29)30)15-18-7-3-5-9-20(18)28-21-10-6-4-8-19(21)25-26-28/h3-13H,14-16H2,1-2H3,(H,29,30). The quantitative estimate of drug-likeness (QED) is 0.433. The van der Waals surface area contributed by atoms with Crippen molar-refractivity contribution in [1.29, 1.82) is 0 Å². The van der Waals surface area contributed by atoms with E-state index in [0.717, 1.165) is 27.8 Å². The van der Waals surface area contributed by atoms with E-state index in [1.165, 1.54) is 0 Å². The second-order valence-electron chi connectivity index (χ2n) is 7.35. The summed E-state index contributed by atoms with van der Waals surface area (Å²) in [5, 5.41) is 18.1. The zero-order chi connectivity index (χ0) is 22.5. The number of methoxy groups -OCH3 is 2. The van der Waals surface area contributed by atoms with Crippen molar-refractivity contribution in [3.05, 3.63) is 77.9 Å². The summed E-state index contributed by atoms with van der Waals surface area (Å²) in [6.45, 7) is 0.741. The molecule has 8 nitrogen and oxygen atoms in total. The summed E-state index contributed by atoms with van der Waals surface area (Å²) in [6.07, 6.45) is 0. The van der Waals surface area contributed by atoms with Gasteiger partial charge in [0.05, 0.1) is 32.0 Å². The lowest BCUT2D eigenvalue weighted by Crippen LogP contribution is -2.29. The van der Waals surface area contributed by atoms with E-state index in [4.69, 9.17) is 9.47 Å². The Kier molecular flexibility index (Phi) is 6.32. The van der Waals surface area contributed by atoms with Gasteiger partial charge in [-0.15, -0.1) is 5.10 Å². The van der Waals surface area contributed by atoms with Crippen molar-refractivity contribution in [3.8, 4) is 17.2 Å². The Labute approximate surface area is 185 Å². The number of ether oxygens (including phenoxy) is 2. The average Bonchev–Trinajstić information content (AvgIpc) is 3.23. The molecule has 0 atom stereocenters. The fourth-order valence-electron chi connectivity index (χ4n) is 3.74. The third kappa shape index (κ3) is 4.55. The van der Waals surface area contributed by atoms with Crippen molar-refractivity contribution in [2.24, 2.45) is 0 Å². The highest BCUT2D eigenvalue weighted by atomic mass is 16.5. The molecule has 0 aliphatic heterocycles. The van der Waals surface area contributed by atoms with E-state index in [0.29, 0.717) is 24.6 Å². The predicted octanol–water partition coefficient (Wildman–Crippen LogP) is 3.52. The maximum Gasteiger partial charge on any atom is 0.317 e. The van der Waals surface area contributed by atoms with Gasteiger partial charge in [0.2, 0.25) is 0 Å². The van der Waals surface area contributed by atoms with Gasteiger partial charge in [0, 0.05) is 13.1 Å². The van der Waals surface area contributed by atoms with Crippen LogP contribution in [0.2, 0.25) is 0 Å². The normalized spacial score (nSPS) is 11.1. The monoisotopic (exact) mass is 432 g/mol. The fraction of sp³-hybridized carbons (Fsp3) is 0.208. The number of hydrogen-bond acceptors (Lipinski definition) is 6. The van der Waals surface area contributed by atoms with Crippen LogP contribution in [0.1, 0.15) is 11.1 Å². The van der Waals surface area contributed by atoms with Crippen LogP contribution in [-0.2, 0) is 17.9 Å². The van der Waals surface area contributed by atoms with Gasteiger partial charge >= 0.3 is 5.97 Å². The molecule has 3 aromatic carbocycles. The second-order valence-corrected chi connectivity index (χ2v) is 7.35. The van der Waals surface area contributed by atoms with Crippen LogP contribution < -0.4 is 9.47 Å². The molecule has 0 aliphatic carbocycles. The summed E-state index contributed by atoms with van der Waals surface area (Å²) in [7, 11) is 3.16. The summed E-state index contributed by atoms with van der Waals surface area (Å²) in [4.78, 5) is 13.5. The van der Waals surface area contributed by atoms with Gasteiger partial charge in [-0.25, -0.2) is 4.68 Å². The van der Waals surface area contributed by atoms with E-state index < -0.39 is 5.97 Å². The summed E-state index contributed by atoms with van der Waals surface area (Å²) in [5.41, 5.74) is 4.43. The smallest absolute Gasteiger partial charge is 0.317 e. The molecular formula is C24H24N4O4. The molecule has 8 heteroatoms. The number of hydrogen-bond donors (Lipinski definition) is 1. The highest BCUT2D eigenvalue weighted by Gasteiger charge is 2.17. The van der Waals surface area contributed by atoms with Gasteiger partial charge in [0.25, 0.3) is 0 Å². The Morgan fingerprint density at radius 1 is 0.969 bits per heavy atom.